The number of para-hydroxylation sites is 1. The van der Waals surface area contributed by atoms with Crippen LogP contribution in [0.2, 0.25) is 0 Å². The van der Waals surface area contributed by atoms with Crippen LogP contribution in [0.4, 0.5) is 4.39 Å². The summed E-state index contributed by atoms with van der Waals surface area (Å²) in [5.41, 5.74) is 2.23. The van der Waals surface area contributed by atoms with Gasteiger partial charge in [-0.3, -0.25) is 14.7 Å². The van der Waals surface area contributed by atoms with Crippen molar-refractivity contribution in [2.45, 2.75) is 23.6 Å². The predicted molar refractivity (Wildman–Crippen MR) is 143 cm³/mol. The third-order valence-corrected chi connectivity index (χ3v) is 8.43. The maximum atomic E-state index is 13.6. The summed E-state index contributed by atoms with van der Waals surface area (Å²) in [5.74, 6) is -0.873. The molecule has 0 atom stereocenters. The second-order valence-corrected chi connectivity index (χ2v) is 11.5. The van der Waals surface area contributed by atoms with Crippen molar-refractivity contribution in [1.29, 1.82) is 0 Å². The minimum absolute atomic E-state index is 0.100. The zero-order valence-corrected chi connectivity index (χ0v) is 21.6. The molecule has 1 N–H and O–H groups in total. The first-order valence-corrected chi connectivity index (χ1v) is 14.1. The van der Waals surface area contributed by atoms with Gasteiger partial charge in [-0.1, -0.05) is 30.3 Å². The molecule has 38 heavy (non-hydrogen) atoms. The van der Waals surface area contributed by atoms with Gasteiger partial charge in [-0.2, -0.15) is 0 Å². The number of halogens is 1. The van der Waals surface area contributed by atoms with Gasteiger partial charge in [0.15, 0.2) is 9.84 Å². The van der Waals surface area contributed by atoms with E-state index in [9.17, 15) is 22.7 Å². The molecule has 2 heterocycles. The number of benzene rings is 3. The van der Waals surface area contributed by atoms with Crippen molar-refractivity contribution in [3.8, 4) is 5.75 Å². The normalized spacial score (nSPS) is 14.9. The van der Waals surface area contributed by atoms with Crippen LogP contribution in [-0.2, 0) is 22.1 Å². The maximum absolute atomic E-state index is 13.6. The number of fused-ring (bicyclic) bond motifs is 1. The molecule has 1 amide bonds. The molecule has 0 radical (unpaired) electrons. The molecule has 0 aliphatic carbocycles. The SMILES string of the molecule is O=C(c1ccc(CS(=O)(=O)c2cccc3cccnc23)cc1)N1CCCN(Cc2cc(O)cc(F)c2)CC1. The fourth-order valence-electron chi connectivity index (χ4n) is 4.87. The Morgan fingerprint density at radius 3 is 2.50 bits per heavy atom. The minimum Gasteiger partial charge on any atom is -0.508 e. The largest absolute Gasteiger partial charge is 0.508 e. The molecule has 196 valence electrons. The zero-order valence-electron chi connectivity index (χ0n) is 20.8. The summed E-state index contributed by atoms with van der Waals surface area (Å²) in [7, 11) is -3.64. The van der Waals surface area contributed by atoms with Gasteiger partial charge in [-0.25, -0.2) is 12.8 Å². The van der Waals surface area contributed by atoms with Crippen molar-refractivity contribution in [2.75, 3.05) is 26.2 Å². The Balaban J connectivity index is 1.23. The molecule has 0 spiro atoms. The molecule has 4 aromatic rings. The van der Waals surface area contributed by atoms with Crippen LogP contribution in [0.15, 0.2) is 83.9 Å². The van der Waals surface area contributed by atoms with Crippen molar-refractivity contribution in [1.82, 2.24) is 14.8 Å². The summed E-state index contributed by atoms with van der Waals surface area (Å²) in [5, 5.41) is 10.4. The third kappa shape index (κ3) is 5.84. The van der Waals surface area contributed by atoms with Crippen molar-refractivity contribution >= 4 is 26.6 Å². The monoisotopic (exact) mass is 533 g/mol. The minimum atomic E-state index is -3.64. The van der Waals surface area contributed by atoms with E-state index in [0.29, 0.717) is 48.4 Å². The Morgan fingerprint density at radius 2 is 1.71 bits per heavy atom. The fourth-order valence-corrected chi connectivity index (χ4v) is 6.40. The highest BCUT2D eigenvalue weighted by Crippen LogP contribution is 2.24. The predicted octanol–water partition coefficient (Wildman–Crippen LogP) is 4.40. The lowest BCUT2D eigenvalue weighted by Gasteiger charge is -2.22. The quantitative estimate of drug-likeness (QED) is 0.395. The lowest BCUT2D eigenvalue weighted by Crippen LogP contribution is -2.35. The van der Waals surface area contributed by atoms with E-state index < -0.39 is 15.7 Å². The van der Waals surface area contributed by atoms with E-state index in [4.69, 9.17) is 0 Å². The lowest BCUT2D eigenvalue weighted by atomic mass is 10.1. The number of phenolic OH excluding ortho intramolecular Hbond substituents is 1. The summed E-state index contributed by atoms with van der Waals surface area (Å²) in [4.78, 5) is 21.5. The number of nitrogens with zero attached hydrogens (tertiary/aromatic N) is 3. The lowest BCUT2D eigenvalue weighted by molar-refractivity contribution is 0.0761. The van der Waals surface area contributed by atoms with Crippen LogP contribution >= 0.6 is 0 Å². The first-order valence-electron chi connectivity index (χ1n) is 12.4. The summed E-state index contributed by atoms with van der Waals surface area (Å²) in [6.45, 7) is 2.97. The molecule has 1 aliphatic heterocycles. The molecule has 0 bridgehead atoms. The van der Waals surface area contributed by atoms with E-state index >= 15 is 0 Å². The van der Waals surface area contributed by atoms with Gasteiger partial charge in [0, 0.05) is 55.9 Å². The van der Waals surface area contributed by atoms with Crippen LogP contribution in [0.25, 0.3) is 10.9 Å². The first-order chi connectivity index (χ1) is 18.3. The highest BCUT2D eigenvalue weighted by Gasteiger charge is 2.22. The second kappa shape index (κ2) is 10.9. The van der Waals surface area contributed by atoms with Crippen molar-refractivity contribution in [3.05, 3.63) is 102 Å². The van der Waals surface area contributed by atoms with Crippen molar-refractivity contribution in [3.63, 3.8) is 0 Å². The molecule has 1 aromatic heterocycles. The van der Waals surface area contributed by atoms with E-state index in [1.165, 1.54) is 6.07 Å². The van der Waals surface area contributed by atoms with Gasteiger partial charge in [-0.05, 0) is 53.9 Å². The van der Waals surface area contributed by atoms with Crippen LogP contribution < -0.4 is 0 Å². The van der Waals surface area contributed by atoms with Gasteiger partial charge in [0.05, 0.1) is 16.2 Å². The number of rotatable bonds is 6. The van der Waals surface area contributed by atoms with Crippen LogP contribution in [0.1, 0.15) is 27.9 Å². The Hall–Kier alpha value is -3.82. The van der Waals surface area contributed by atoms with Crippen molar-refractivity contribution in [2.24, 2.45) is 0 Å². The number of phenols is 1. The summed E-state index contributed by atoms with van der Waals surface area (Å²) in [6.07, 6.45) is 2.35. The molecular formula is C29H28FN3O4S. The number of amides is 1. The average Bonchev–Trinajstić information content (AvgIpc) is 3.13. The summed E-state index contributed by atoms with van der Waals surface area (Å²) >= 11 is 0. The number of carbonyl (C=O) groups excluding carboxylic acids is 1. The van der Waals surface area contributed by atoms with Crippen LogP contribution in [-0.4, -0.2) is 60.4 Å². The maximum Gasteiger partial charge on any atom is 0.253 e. The van der Waals surface area contributed by atoms with E-state index in [2.05, 4.69) is 9.88 Å². The number of aromatic nitrogens is 1. The van der Waals surface area contributed by atoms with E-state index in [1.54, 1.807) is 59.6 Å². The topological polar surface area (TPSA) is 90.8 Å². The highest BCUT2D eigenvalue weighted by atomic mass is 32.2. The average molecular weight is 534 g/mol. The van der Waals surface area contributed by atoms with E-state index in [1.807, 2.05) is 12.1 Å². The third-order valence-electron chi connectivity index (χ3n) is 6.71. The zero-order chi connectivity index (χ0) is 26.7. The van der Waals surface area contributed by atoms with Gasteiger partial charge >= 0.3 is 0 Å². The molecule has 1 aliphatic rings. The van der Waals surface area contributed by atoms with Crippen LogP contribution in [0.5, 0.6) is 5.75 Å². The van der Waals surface area contributed by atoms with Gasteiger partial charge < -0.3 is 10.0 Å². The van der Waals surface area contributed by atoms with Crippen LogP contribution in [0, 0.1) is 5.82 Å². The molecular weight excluding hydrogens is 505 g/mol. The number of hydrogen-bond donors (Lipinski definition) is 1. The Labute approximate surface area is 221 Å². The van der Waals surface area contributed by atoms with Gasteiger partial charge in [0.25, 0.3) is 5.91 Å². The van der Waals surface area contributed by atoms with Gasteiger partial charge in [0.2, 0.25) is 0 Å². The van der Waals surface area contributed by atoms with Crippen LogP contribution in [0.3, 0.4) is 0 Å². The molecule has 7 nitrogen and oxygen atoms in total. The Bertz CT molecular complexity index is 1550. The molecule has 1 fully saturated rings. The number of aromatic hydroxyl groups is 1. The Kier molecular flexibility index (Phi) is 7.40. The van der Waals surface area contributed by atoms with Gasteiger partial charge in [0.1, 0.15) is 11.6 Å². The molecule has 1 saturated heterocycles. The van der Waals surface area contributed by atoms with Crippen molar-refractivity contribution < 1.29 is 22.7 Å². The molecule has 5 rings (SSSR count). The molecule has 3 aromatic carbocycles. The smallest absolute Gasteiger partial charge is 0.253 e. The Morgan fingerprint density at radius 1 is 0.921 bits per heavy atom. The molecule has 0 unspecified atom stereocenters. The fraction of sp³-hybridized carbons (Fsp3) is 0.241. The van der Waals surface area contributed by atoms with E-state index in [0.717, 1.165) is 24.4 Å². The number of hydrogen-bond acceptors (Lipinski definition) is 6. The highest BCUT2D eigenvalue weighted by molar-refractivity contribution is 7.90. The molecule has 0 saturated carbocycles. The first kappa shape index (κ1) is 25.8. The summed E-state index contributed by atoms with van der Waals surface area (Å²) in [6, 6.07) is 19.5. The standard InChI is InChI=1S/C29H28FN3O4S/c30-25-16-22(17-26(34)18-25)19-32-12-3-13-33(15-14-32)29(35)24-9-7-21(8-10-24)20-38(36,37)27-6-1-4-23-5-2-11-31-28(23)27/h1-2,4-11,16-18,34H,3,12-15,19-20H2. The van der Waals surface area contributed by atoms with E-state index in [-0.39, 0.29) is 22.3 Å². The second-order valence-electron chi connectivity index (χ2n) is 9.53. The molecule has 9 heteroatoms. The number of pyridine rings is 1. The van der Waals surface area contributed by atoms with Gasteiger partial charge in [-0.15, -0.1) is 0 Å². The number of carbonyl (C=O) groups is 1. The summed E-state index contributed by atoms with van der Waals surface area (Å²) < 4.78 is 39.9. The number of sulfone groups is 1.